The summed E-state index contributed by atoms with van der Waals surface area (Å²) in [4.78, 5) is 18.5. The highest BCUT2D eigenvalue weighted by molar-refractivity contribution is 7.26. The molecule has 10 aromatic carbocycles. The first kappa shape index (κ1) is 39.1. The van der Waals surface area contributed by atoms with Gasteiger partial charge in [-0.2, -0.15) is 0 Å². The van der Waals surface area contributed by atoms with Crippen LogP contribution in [0.4, 0.5) is 17.1 Å². The molecule has 0 unspecified atom stereocenters. The molecule has 0 bridgehead atoms. The van der Waals surface area contributed by atoms with Gasteiger partial charge in [0.1, 0.15) is 0 Å². The van der Waals surface area contributed by atoms with E-state index in [-0.39, 0.29) is 6.71 Å². The number of fused-ring (bicyclic) bond motifs is 10. The second kappa shape index (κ2) is 15.3. The molecule has 0 amide bonds. The van der Waals surface area contributed by atoms with Gasteiger partial charge in [0.25, 0.3) is 6.71 Å². The first-order chi connectivity index (χ1) is 34.7. The summed E-state index contributed by atoms with van der Waals surface area (Å²) in [7, 11) is 0. The Kier molecular flexibility index (Phi) is 8.56. The first-order valence-electron chi connectivity index (χ1n) is 23.8. The number of benzene rings is 10. The van der Waals surface area contributed by atoms with E-state index in [4.69, 9.17) is 15.0 Å². The molecule has 5 nitrogen and oxygen atoms in total. The van der Waals surface area contributed by atoms with Gasteiger partial charge in [0.2, 0.25) is 0 Å². The number of hydrogen-bond acceptors (Lipinski definition) is 5. The standard InChI is InChI=1S/C63H38BN5S/c1-5-19-39(20-6-1)44-29-17-30-45(40-21-7-2-8-22-40)59(44)69-53-37-49-47-28-14-16-34-56(47)70-57(49)38-51(53)64-50-32-18-31-48-46-27-13-15-33-52(46)68(60(48)50)54-35-43(36-55(69)58(54)64)63-66-61(41-23-9-3-10-24-41)65-62(67-63)42-25-11-4-12-26-42/h1-38H. The zero-order chi connectivity index (χ0) is 45.9. The average Bonchev–Trinajstić information content (AvgIpc) is 3.98. The number of hydrogen-bond donors (Lipinski definition) is 0. The van der Waals surface area contributed by atoms with Gasteiger partial charge < -0.3 is 9.47 Å². The predicted octanol–water partition coefficient (Wildman–Crippen LogP) is 14.3. The summed E-state index contributed by atoms with van der Waals surface area (Å²) in [5, 5.41) is 5.00. The molecule has 0 fully saturated rings. The van der Waals surface area contributed by atoms with Crippen LogP contribution in [0.5, 0.6) is 0 Å². The molecule has 0 saturated heterocycles. The molecule has 7 heteroatoms. The fourth-order valence-electron chi connectivity index (χ4n) is 11.4. The summed E-state index contributed by atoms with van der Waals surface area (Å²) < 4.78 is 5.09. The molecule has 324 valence electrons. The monoisotopic (exact) mass is 907 g/mol. The molecular weight excluding hydrogens is 870 g/mol. The molecule has 2 aliphatic heterocycles. The van der Waals surface area contributed by atoms with Crippen molar-refractivity contribution in [3.63, 3.8) is 0 Å². The summed E-state index contributed by atoms with van der Waals surface area (Å²) in [6.45, 7) is -0.0809. The van der Waals surface area contributed by atoms with Crippen LogP contribution in [-0.4, -0.2) is 26.2 Å². The van der Waals surface area contributed by atoms with Crippen LogP contribution in [0.2, 0.25) is 0 Å². The lowest BCUT2D eigenvalue weighted by Crippen LogP contribution is -2.60. The molecule has 15 rings (SSSR count). The van der Waals surface area contributed by atoms with Crippen LogP contribution in [0.25, 0.3) is 104 Å². The van der Waals surface area contributed by atoms with Gasteiger partial charge in [-0.3, -0.25) is 0 Å². The number of anilines is 3. The fourth-order valence-corrected chi connectivity index (χ4v) is 12.6. The summed E-state index contributed by atoms with van der Waals surface area (Å²) in [6.07, 6.45) is 0. The van der Waals surface area contributed by atoms with Crippen molar-refractivity contribution in [1.29, 1.82) is 0 Å². The molecule has 2 aliphatic rings. The summed E-state index contributed by atoms with van der Waals surface area (Å²) in [5.41, 5.74) is 18.1. The highest BCUT2D eigenvalue weighted by Crippen LogP contribution is 2.51. The van der Waals surface area contributed by atoms with E-state index in [0.29, 0.717) is 17.5 Å². The normalized spacial score (nSPS) is 12.5. The zero-order valence-corrected chi connectivity index (χ0v) is 38.5. The predicted molar refractivity (Wildman–Crippen MR) is 294 cm³/mol. The van der Waals surface area contributed by atoms with Gasteiger partial charge in [-0.05, 0) is 63.9 Å². The van der Waals surface area contributed by atoms with Gasteiger partial charge in [0, 0.05) is 81.3 Å². The summed E-state index contributed by atoms with van der Waals surface area (Å²) in [5.74, 6) is 1.87. The van der Waals surface area contributed by atoms with Gasteiger partial charge in [0.15, 0.2) is 17.5 Å². The Labute approximate surface area is 408 Å². The lowest BCUT2D eigenvalue weighted by molar-refractivity contribution is 1.07. The maximum atomic E-state index is 5.40. The molecule has 0 aliphatic carbocycles. The summed E-state index contributed by atoms with van der Waals surface area (Å²) >= 11 is 1.88. The van der Waals surface area contributed by atoms with E-state index in [0.717, 1.165) is 61.7 Å². The molecule has 0 atom stereocenters. The maximum absolute atomic E-state index is 5.40. The smallest absolute Gasteiger partial charge is 0.252 e. The van der Waals surface area contributed by atoms with Crippen molar-refractivity contribution in [2.45, 2.75) is 0 Å². The van der Waals surface area contributed by atoms with Crippen LogP contribution < -0.4 is 21.3 Å². The number of nitrogens with zero attached hydrogens (tertiary/aromatic N) is 5. The van der Waals surface area contributed by atoms with Crippen molar-refractivity contribution in [3.8, 4) is 62.1 Å². The zero-order valence-electron chi connectivity index (χ0n) is 37.7. The number of rotatable bonds is 6. The SMILES string of the molecule is c1ccc(-c2nc(-c3ccccc3)nc(-c3cc4c5c(c3)-n3c6ccccc6c6cccc(c63)B5c3cc5sc6ccccc6c5cc3N4c3c(-c4ccccc4)cccc3-c3ccccc3)n2)cc1. The Hall–Kier alpha value is -8.91. The number of para-hydroxylation sites is 3. The molecule has 13 aromatic rings. The third kappa shape index (κ3) is 5.82. The van der Waals surface area contributed by atoms with Gasteiger partial charge in [0.05, 0.1) is 11.2 Å². The van der Waals surface area contributed by atoms with Gasteiger partial charge >= 0.3 is 0 Å². The topological polar surface area (TPSA) is 46.8 Å². The van der Waals surface area contributed by atoms with E-state index < -0.39 is 0 Å². The van der Waals surface area contributed by atoms with E-state index in [1.54, 1.807) is 0 Å². The summed E-state index contributed by atoms with van der Waals surface area (Å²) in [6, 6.07) is 83.5. The minimum absolute atomic E-state index is 0.0809. The van der Waals surface area contributed by atoms with Crippen molar-refractivity contribution in [1.82, 2.24) is 19.5 Å². The third-order valence-electron chi connectivity index (χ3n) is 14.4. The van der Waals surface area contributed by atoms with Crippen molar-refractivity contribution in [2.75, 3.05) is 4.90 Å². The van der Waals surface area contributed by atoms with E-state index in [1.807, 2.05) is 47.7 Å². The highest BCUT2D eigenvalue weighted by atomic mass is 32.1. The van der Waals surface area contributed by atoms with Crippen molar-refractivity contribution in [2.24, 2.45) is 0 Å². The third-order valence-corrected chi connectivity index (χ3v) is 15.5. The molecule has 5 heterocycles. The molecule has 3 aromatic heterocycles. The van der Waals surface area contributed by atoms with Crippen LogP contribution in [0, 0.1) is 0 Å². The van der Waals surface area contributed by atoms with Crippen LogP contribution in [-0.2, 0) is 0 Å². The van der Waals surface area contributed by atoms with Crippen molar-refractivity contribution >= 4 is 93.5 Å². The van der Waals surface area contributed by atoms with Gasteiger partial charge in [-0.1, -0.05) is 194 Å². The van der Waals surface area contributed by atoms with E-state index in [2.05, 4.69) is 204 Å². The number of thiophene rings is 1. The van der Waals surface area contributed by atoms with Crippen LogP contribution in [0.3, 0.4) is 0 Å². The van der Waals surface area contributed by atoms with Gasteiger partial charge in [-0.25, -0.2) is 15.0 Å². The molecule has 0 radical (unpaired) electrons. The maximum Gasteiger partial charge on any atom is 0.252 e. The molecule has 0 spiro atoms. The second-order valence-corrected chi connectivity index (χ2v) is 19.4. The Balaban J connectivity index is 1.13. The average molecular weight is 908 g/mol. The highest BCUT2D eigenvalue weighted by Gasteiger charge is 2.44. The Morgan fingerprint density at radius 1 is 0.357 bits per heavy atom. The minimum Gasteiger partial charge on any atom is -0.310 e. The molecule has 70 heavy (non-hydrogen) atoms. The lowest BCUT2D eigenvalue weighted by Gasteiger charge is -2.42. The largest absolute Gasteiger partial charge is 0.310 e. The lowest BCUT2D eigenvalue weighted by atomic mass is 9.33. The molecular formula is C63H38BN5S. The van der Waals surface area contributed by atoms with Crippen molar-refractivity contribution in [3.05, 3.63) is 231 Å². The van der Waals surface area contributed by atoms with Crippen LogP contribution in [0.1, 0.15) is 0 Å². The Morgan fingerprint density at radius 2 is 0.886 bits per heavy atom. The van der Waals surface area contributed by atoms with Crippen molar-refractivity contribution < 1.29 is 0 Å². The fraction of sp³-hybridized carbons (Fsp3) is 0. The molecule has 0 saturated carbocycles. The second-order valence-electron chi connectivity index (χ2n) is 18.3. The van der Waals surface area contributed by atoms with Crippen LogP contribution >= 0.6 is 11.3 Å². The quantitative estimate of drug-likeness (QED) is 0.156. The Morgan fingerprint density at radius 3 is 1.54 bits per heavy atom. The van der Waals surface area contributed by atoms with Gasteiger partial charge in [-0.15, -0.1) is 11.3 Å². The Bertz CT molecular complexity index is 4130. The molecule has 0 N–H and O–H groups in total. The van der Waals surface area contributed by atoms with E-state index in [1.165, 1.54) is 58.4 Å². The van der Waals surface area contributed by atoms with E-state index >= 15 is 0 Å². The van der Waals surface area contributed by atoms with Crippen LogP contribution in [0.15, 0.2) is 231 Å². The minimum atomic E-state index is -0.0809. The van der Waals surface area contributed by atoms with E-state index in [9.17, 15) is 0 Å². The number of aromatic nitrogens is 4. The first-order valence-corrected chi connectivity index (χ1v) is 24.6.